The predicted molar refractivity (Wildman–Crippen MR) is 79.7 cm³/mol. The number of benzene rings is 1. The lowest BCUT2D eigenvalue weighted by atomic mass is 9.90. The number of amides is 2. The minimum absolute atomic E-state index is 0.144. The third kappa shape index (κ3) is 2.38. The van der Waals surface area contributed by atoms with E-state index in [0.29, 0.717) is 13.0 Å². The second kappa shape index (κ2) is 5.19. The lowest BCUT2D eigenvalue weighted by Gasteiger charge is -2.24. The average Bonchev–Trinajstić information content (AvgIpc) is 3.02. The lowest BCUT2D eigenvalue weighted by molar-refractivity contribution is -0.147. The number of nitrogens with zero attached hydrogens (tertiary/aromatic N) is 1. The number of urea groups is 1. The zero-order valence-corrected chi connectivity index (χ0v) is 12.7. The summed E-state index contributed by atoms with van der Waals surface area (Å²) in [4.78, 5) is 25.3. The fourth-order valence-corrected chi connectivity index (χ4v) is 3.09. The van der Waals surface area contributed by atoms with E-state index in [-0.39, 0.29) is 24.7 Å². The van der Waals surface area contributed by atoms with Crippen molar-refractivity contribution in [2.75, 3.05) is 13.1 Å². The number of ether oxygens (including phenoxy) is 1. The van der Waals surface area contributed by atoms with Gasteiger partial charge in [-0.2, -0.15) is 0 Å². The third-order valence-electron chi connectivity index (χ3n) is 4.59. The predicted octanol–water partition coefficient (Wildman–Crippen LogP) is 2.01. The van der Waals surface area contributed by atoms with Gasteiger partial charge in [0.05, 0.1) is 11.5 Å². The molecule has 0 saturated carbocycles. The summed E-state index contributed by atoms with van der Waals surface area (Å²) in [5.41, 5.74) is 0.107. The summed E-state index contributed by atoms with van der Waals surface area (Å²) in [6, 6.07) is 7.19. The number of nitrogens with one attached hydrogen (secondary N) is 1. The Balaban J connectivity index is 1.70. The van der Waals surface area contributed by atoms with Crippen molar-refractivity contribution in [3.8, 4) is 5.75 Å². The van der Waals surface area contributed by atoms with Crippen LogP contribution >= 0.6 is 0 Å². The normalized spacial score (nSPS) is 29.8. The maximum atomic E-state index is 12.4. The van der Waals surface area contributed by atoms with Gasteiger partial charge in [0.2, 0.25) is 0 Å². The summed E-state index contributed by atoms with van der Waals surface area (Å²) in [6.07, 6.45) is 0.332. The van der Waals surface area contributed by atoms with Gasteiger partial charge in [-0.15, -0.1) is 0 Å². The van der Waals surface area contributed by atoms with Gasteiger partial charge in [0.15, 0.2) is 0 Å². The number of likely N-dealkylation sites (tertiary alicyclic amines) is 1. The molecule has 0 aromatic heterocycles. The molecular weight excluding hydrogens is 284 g/mol. The molecule has 2 amide bonds. The van der Waals surface area contributed by atoms with Gasteiger partial charge >= 0.3 is 12.0 Å². The fraction of sp³-hybridized carbons (Fsp3) is 0.500. The van der Waals surface area contributed by atoms with Gasteiger partial charge in [0, 0.05) is 18.7 Å². The molecule has 0 aliphatic carbocycles. The Labute approximate surface area is 129 Å². The SMILES string of the molecule is CC1Oc2ccccc2C1NC(=O)N1CCC(C)(C(=O)O)C1. The molecule has 3 atom stereocenters. The minimum atomic E-state index is -0.856. The first kappa shape index (κ1) is 14.7. The minimum Gasteiger partial charge on any atom is -0.488 e. The molecule has 1 fully saturated rings. The molecule has 3 rings (SSSR count). The van der Waals surface area contributed by atoms with Crippen LogP contribution in [0.25, 0.3) is 0 Å². The van der Waals surface area contributed by atoms with Crippen molar-refractivity contribution >= 4 is 12.0 Å². The van der Waals surface area contributed by atoms with Crippen LogP contribution in [0.15, 0.2) is 24.3 Å². The third-order valence-corrected chi connectivity index (χ3v) is 4.59. The van der Waals surface area contributed by atoms with Crippen LogP contribution in [0.5, 0.6) is 5.75 Å². The zero-order valence-electron chi connectivity index (χ0n) is 12.7. The molecule has 6 nitrogen and oxygen atoms in total. The van der Waals surface area contributed by atoms with Crippen LogP contribution < -0.4 is 10.1 Å². The van der Waals surface area contributed by atoms with E-state index in [9.17, 15) is 14.7 Å². The van der Waals surface area contributed by atoms with E-state index in [1.165, 1.54) is 0 Å². The molecule has 0 bridgehead atoms. The average molecular weight is 304 g/mol. The largest absolute Gasteiger partial charge is 0.488 e. The van der Waals surface area contributed by atoms with E-state index < -0.39 is 11.4 Å². The van der Waals surface area contributed by atoms with Crippen molar-refractivity contribution < 1.29 is 19.4 Å². The summed E-state index contributed by atoms with van der Waals surface area (Å²) in [5.74, 6) is -0.0668. The Morgan fingerprint density at radius 3 is 2.82 bits per heavy atom. The first-order valence-corrected chi connectivity index (χ1v) is 7.45. The van der Waals surface area contributed by atoms with Crippen molar-refractivity contribution in [2.45, 2.75) is 32.4 Å². The maximum absolute atomic E-state index is 12.4. The highest BCUT2D eigenvalue weighted by Gasteiger charge is 2.43. The number of hydrogen-bond acceptors (Lipinski definition) is 3. The molecule has 1 aromatic rings. The van der Waals surface area contributed by atoms with Gasteiger partial charge < -0.3 is 20.1 Å². The van der Waals surface area contributed by atoms with Crippen LogP contribution in [0.1, 0.15) is 31.9 Å². The van der Waals surface area contributed by atoms with Gasteiger partial charge in [0.1, 0.15) is 11.9 Å². The van der Waals surface area contributed by atoms with E-state index in [1.54, 1.807) is 11.8 Å². The Bertz CT molecular complexity index is 618. The lowest BCUT2D eigenvalue weighted by Crippen LogP contribution is -2.44. The maximum Gasteiger partial charge on any atom is 0.318 e. The quantitative estimate of drug-likeness (QED) is 0.876. The van der Waals surface area contributed by atoms with Crippen LogP contribution in [0.4, 0.5) is 4.79 Å². The molecule has 118 valence electrons. The molecule has 22 heavy (non-hydrogen) atoms. The molecule has 2 aliphatic rings. The molecule has 2 heterocycles. The van der Waals surface area contributed by atoms with E-state index in [2.05, 4.69) is 5.32 Å². The molecular formula is C16H20N2O4. The van der Waals surface area contributed by atoms with Crippen molar-refractivity contribution in [3.05, 3.63) is 29.8 Å². The zero-order chi connectivity index (χ0) is 15.9. The van der Waals surface area contributed by atoms with Gasteiger partial charge in [0.25, 0.3) is 0 Å². The molecule has 2 aliphatic heterocycles. The standard InChI is InChI=1S/C16H20N2O4/c1-10-13(11-5-3-4-6-12(11)22-10)17-15(21)18-8-7-16(2,9-18)14(19)20/h3-6,10,13H,7-9H2,1-2H3,(H,17,21)(H,19,20). The van der Waals surface area contributed by atoms with E-state index in [1.807, 2.05) is 31.2 Å². The number of para-hydroxylation sites is 1. The summed E-state index contributed by atoms with van der Waals surface area (Å²) in [5, 5.41) is 12.2. The van der Waals surface area contributed by atoms with Crippen molar-refractivity contribution in [3.63, 3.8) is 0 Å². The molecule has 1 aromatic carbocycles. The first-order valence-electron chi connectivity index (χ1n) is 7.45. The first-order chi connectivity index (χ1) is 10.4. The number of carboxylic acid groups (broad SMARTS) is 1. The van der Waals surface area contributed by atoms with Crippen molar-refractivity contribution in [1.82, 2.24) is 10.2 Å². The van der Waals surface area contributed by atoms with Gasteiger partial charge in [-0.1, -0.05) is 18.2 Å². The molecule has 3 unspecified atom stereocenters. The Morgan fingerprint density at radius 1 is 1.41 bits per heavy atom. The summed E-state index contributed by atoms with van der Waals surface area (Å²) >= 11 is 0. The van der Waals surface area contributed by atoms with Gasteiger partial charge in [-0.3, -0.25) is 4.79 Å². The monoisotopic (exact) mass is 304 g/mol. The number of rotatable bonds is 2. The molecule has 0 spiro atoms. The van der Waals surface area contributed by atoms with Gasteiger partial charge in [-0.05, 0) is 26.3 Å². The van der Waals surface area contributed by atoms with Crippen LogP contribution in [-0.4, -0.2) is 41.2 Å². The molecule has 6 heteroatoms. The summed E-state index contributed by atoms with van der Waals surface area (Å²) < 4.78 is 5.73. The van der Waals surface area contributed by atoms with E-state index in [4.69, 9.17) is 4.74 Å². The molecule has 0 radical (unpaired) electrons. The van der Waals surface area contributed by atoms with Crippen LogP contribution in [-0.2, 0) is 4.79 Å². The van der Waals surface area contributed by atoms with Gasteiger partial charge in [-0.25, -0.2) is 4.79 Å². The highest BCUT2D eigenvalue weighted by molar-refractivity contribution is 5.80. The highest BCUT2D eigenvalue weighted by Crippen LogP contribution is 2.37. The number of carboxylic acids is 1. The summed E-state index contributed by atoms with van der Waals surface area (Å²) in [6.45, 7) is 4.28. The van der Waals surface area contributed by atoms with Crippen LogP contribution in [0, 0.1) is 5.41 Å². The second-order valence-corrected chi connectivity index (χ2v) is 6.33. The second-order valence-electron chi connectivity index (χ2n) is 6.33. The van der Waals surface area contributed by atoms with Crippen LogP contribution in [0.3, 0.4) is 0 Å². The topological polar surface area (TPSA) is 78.9 Å². The number of fused-ring (bicyclic) bond motifs is 1. The number of aliphatic carboxylic acids is 1. The van der Waals surface area contributed by atoms with E-state index >= 15 is 0 Å². The van der Waals surface area contributed by atoms with E-state index in [0.717, 1.165) is 11.3 Å². The highest BCUT2D eigenvalue weighted by atomic mass is 16.5. The van der Waals surface area contributed by atoms with Crippen molar-refractivity contribution in [2.24, 2.45) is 5.41 Å². The number of carbonyl (C=O) groups is 2. The Morgan fingerprint density at radius 2 is 2.14 bits per heavy atom. The number of hydrogen-bond donors (Lipinski definition) is 2. The Kier molecular flexibility index (Phi) is 3.47. The van der Waals surface area contributed by atoms with Crippen molar-refractivity contribution in [1.29, 1.82) is 0 Å². The molecule has 2 N–H and O–H groups in total. The fourth-order valence-electron chi connectivity index (χ4n) is 3.09. The van der Waals surface area contributed by atoms with Crippen LogP contribution in [0.2, 0.25) is 0 Å². The Hall–Kier alpha value is -2.24. The molecule has 1 saturated heterocycles. The number of carbonyl (C=O) groups excluding carboxylic acids is 1. The summed E-state index contributed by atoms with van der Waals surface area (Å²) in [7, 11) is 0. The smallest absolute Gasteiger partial charge is 0.318 e.